The molecule has 0 spiro atoms. The molecule has 92 valence electrons. The largest absolute Gasteiger partial charge is 0.308 e. The van der Waals surface area contributed by atoms with Crippen LogP contribution >= 0.6 is 23.1 Å². The zero-order valence-corrected chi connectivity index (χ0v) is 11.6. The van der Waals surface area contributed by atoms with Gasteiger partial charge < -0.3 is 5.32 Å². The number of nitrogens with zero attached hydrogens (tertiary/aromatic N) is 2. The topological polar surface area (TPSA) is 29.3 Å². The molecule has 1 aliphatic carbocycles. The minimum absolute atomic E-state index is 0.687. The molecule has 0 bridgehead atoms. The average molecular weight is 267 g/mol. The zero-order chi connectivity index (χ0) is 11.7. The Balaban J connectivity index is 1.56. The van der Waals surface area contributed by atoms with Crippen LogP contribution < -0.4 is 5.32 Å². The van der Waals surface area contributed by atoms with Crippen LogP contribution in [0.2, 0.25) is 0 Å². The lowest BCUT2D eigenvalue weighted by molar-refractivity contribution is 0.521. The smallest absolute Gasteiger partial charge is 0.193 e. The molecule has 2 atom stereocenters. The quantitative estimate of drug-likeness (QED) is 0.923. The number of thiazole rings is 1. The highest BCUT2D eigenvalue weighted by atomic mass is 32.2. The predicted molar refractivity (Wildman–Crippen MR) is 74.9 cm³/mol. The molecular weight excluding hydrogens is 250 g/mol. The van der Waals surface area contributed by atoms with Gasteiger partial charge in [0.05, 0.1) is 5.69 Å². The lowest BCUT2D eigenvalue weighted by Crippen LogP contribution is -2.26. The zero-order valence-electron chi connectivity index (χ0n) is 9.93. The van der Waals surface area contributed by atoms with E-state index in [0.29, 0.717) is 6.04 Å². The fourth-order valence-corrected chi connectivity index (χ4v) is 3.97. The Hall–Kier alpha value is -0.520. The number of hydrogen-bond donors (Lipinski definition) is 1. The third-order valence-electron chi connectivity index (χ3n) is 3.43. The molecule has 0 saturated heterocycles. The second kappa shape index (κ2) is 5.00. The molecule has 2 unspecified atom stereocenters. The Morgan fingerprint density at radius 2 is 2.53 bits per heavy atom. The number of thioether (sulfide) groups is 1. The molecule has 17 heavy (non-hydrogen) atoms. The van der Waals surface area contributed by atoms with Crippen molar-refractivity contribution in [1.29, 1.82) is 0 Å². The number of rotatable bonds is 4. The van der Waals surface area contributed by atoms with Crippen LogP contribution in [0, 0.1) is 0 Å². The van der Waals surface area contributed by atoms with Crippen molar-refractivity contribution < 1.29 is 0 Å². The van der Waals surface area contributed by atoms with Gasteiger partial charge in [0.1, 0.15) is 0 Å². The Bertz CT molecular complexity index is 462. The van der Waals surface area contributed by atoms with E-state index in [9.17, 15) is 0 Å². The second-order valence-corrected chi connectivity index (χ2v) is 6.58. The number of hydrogen-bond acceptors (Lipinski definition) is 4. The summed E-state index contributed by atoms with van der Waals surface area (Å²) in [6, 6.07) is 0.687. The van der Waals surface area contributed by atoms with Crippen LogP contribution in [-0.4, -0.2) is 26.9 Å². The summed E-state index contributed by atoms with van der Waals surface area (Å²) in [5.74, 6) is 0. The molecule has 3 rings (SSSR count). The minimum atomic E-state index is 0.687. The molecule has 1 aliphatic rings. The maximum absolute atomic E-state index is 4.59. The van der Waals surface area contributed by atoms with Crippen molar-refractivity contribution in [2.75, 3.05) is 6.26 Å². The van der Waals surface area contributed by atoms with Gasteiger partial charge in [0.15, 0.2) is 4.96 Å². The number of nitrogens with one attached hydrogen (secondary N) is 1. The molecule has 3 nitrogen and oxygen atoms in total. The summed E-state index contributed by atoms with van der Waals surface area (Å²) in [6.45, 7) is 0.903. The van der Waals surface area contributed by atoms with Crippen LogP contribution in [0.25, 0.3) is 4.96 Å². The first-order valence-electron chi connectivity index (χ1n) is 6.02. The number of aromatic nitrogens is 2. The fraction of sp³-hybridized carbons (Fsp3) is 0.583. The number of fused-ring (bicyclic) bond motifs is 1. The number of imidazole rings is 1. The van der Waals surface area contributed by atoms with Crippen molar-refractivity contribution in [3.05, 3.63) is 23.5 Å². The summed E-state index contributed by atoms with van der Waals surface area (Å²) in [4.78, 5) is 5.68. The lowest BCUT2D eigenvalue weighted by Gasteiger charge is -2.11. The van der Waals surface area contributed by atoms with E-state index >= 15 is 0 Å². The molecule has 1 saturated carbocycles. The van der Waals surface area contributed by atoms with Crippen LogP contribution in [0.15, 0.2) is 17.8 Å². The highest BCUT2D eigenvalue weighted by molar-refractivity contribution is 7.99. The van der Waals surface area contributed by atoms with Gasteiger partial charge in [0.2, 0.25) is 0 Å². The van der Waals surface area contributed by atoms with Gasteiger partial charge in [0.25, 0.3) is 0 Å². The Labute approximate surface area is 110 Å². The van der Waals surface area contributed by atoms with Crippen LogP contribution in [-0.2, 0) is 6.54 Å². The van der Waals surface area contributed by atoms with Gasteiger partial charge in [-0.2, -0.15) is 11.8 Å². The maximum Gasteiger partial charge on any atom is 0.193 e. The first kappa shape index (κ1) is 11.6. The average Bonchev–Trinajstić information content (AvgIpc) is 3.01. The highest BCUT2D eigenvalue weighted by Crippen LogP contribution is 2.28. The van der Waals surface area contributed by atoms with E-state index in [1.54, 1.807) is 11.3 Å². The molecule has 1 fully saturated rings. The molecule has 0 amide bonds. The third kappa shape index (κ3) is 2.51. The van der Waals surface area contributed by atoms with Gasteiger partial charge in [-0.25, -0.2) is 4.98 Å². The normalized spacial score (nSPS) is 24.8. The van der Waals surface area contributed by atoms with E-state index in [1.165, 1.54) is 19.3 Å². The van der Waals surface area contributed by atoms with E-state index in [0.717, 1.165) is 22.4 Å². The molecule has 2 aromatic rings. The Kier molecular flexibility index (Phi) is 3.40. The first-order valence-corrected chi connectivity index (χ1v) is 8.19. The van der Waals surface area contributed by atoms with E-state index in [2.05, 4.69) is 38.7 Å². The van der Waals surface area contributed by atoms with Crippen molar-refractivity contribution in [3.8, 4) is 0 Å². The SMILES string of the molecule is CSC1CCC(NCc2cn3ccsc3n2)C1. The van der Waals surface area contributed by atoms with Crippen LogP contribution in [0.1, 0.15) is 25.0 Å². The standard InChI is InChI=1S/C12H17N3S2/c1-16-11-3-2-9(6-11)13-7-10-8-15-4-5-17-12(15)14-10/h4-5,8-9,11,13H,2-3,6-7H2,1H3. The molecule has 0 aromatic carbocycles. The van der Waals surface area contributed by atoms with Gasteiger partial charge in [-0.05, 0) is 25.5 Å². The van der Waals surface area contributed by atoms with Gasteiger partial charge in [-0.1, -0.05) is 0 Å². The van der Waals surface area contributed by atoms with Crippen LogP contribution in [0.3, 0.4) is 0 Å². The second-order valence-electron chi connectivity index (χ2n) is 4.57. The van der Waals surface area contributed by atoms with Crippen LogP contribution in [0.4, 0.5) is 0 Å². The van der Waals surface area contributed by atoms with Crippen molar-refractivity contribution >= 4 is 28.1 Å². The van der Waals surface area contributed by atoms with Gasteiger partial charge in [-0.3, -0.25) is 4.40 Å². The van der Waals surface area contributed by atoms with Gasteiger partial charge in [0, 0.05) is 35.6 Å². The molecule has 0 radical (unpaired) electrons. The van der Waals surface area contributed by atoms with E-state index in [1.807, 2.05) is 11.8 Å². The van der Waals surface area contributed by atoms with Crippen molar-refractivity contribution in [1.82, 2.24) is 14.7 Å². The first-order chi connectivity index (χ1) is 8.35. The monoisotopic (exact) mass is 267 g/mol. The highest BCUT2D eigenvalue weighted by Gasteiger charge is 2.23. The summed E-state index contributed by atoms with van der Waals surface area (Å²) in [5, 5.41) is 6.56. The fourth-order valence-electron chi connectivity index (χ4n) is 2.45. The van der Waals surface area contributed by atoms with Crippen molar-refractivity contribution in [3.63, 3.8) is 0 Å². The lowest BCUT2D eigenvalue weighted by atomic mass is 10.2. The van der Waals surface area contributed by atoms with Gasteiger partial charge in [-0.15, -0.1) is 11.3 Å². The van der Waals surface area contributed by atoms with Crippen molar-refractivity contribution in [2.45, 2.75) is 37.1 Å². The predicted octanol–water partition coefficient (Wildman–Crippen LogP) is 2.77. The summed E-state index contributed by atoms with van der Waals surface area (Å²) >= 11 is 3.70. The van der Waals surface area contributed by atoms with Crippen molar-refractivity contribution in [2.24, 2.45) is 0 Å². The molecule has 5 heteroatoms. The minimum Gasteiger partial charge on any atom is -0.308 e. The molecule has 0 aliphatic heterocycles. The van der Waals surface area contributed by atoms with Crippen LogP contribution in [0.5, 0.6) is 0 Å². The van der Waals surface area contributed by atoms with Gasteiger partial charge >= 0.3 is 0 Å². The molecule has 2 aromatic heterocycles. The summed E-state index contributed by atoms with van der Waals surface area (Å²) in [7, 11) is 0. The summed E-state index contributed by atoms with van der Waals surface area (Å²) < 4.78 is 2.10. The molecular formula is C12H17N3S2. The third-order valence-corrected chi connectivity index (χ3v) is 5.30. The van der Waals surface area contributed by atoms with E-state index < -0.39 is 0 Å². The van der Waals surface area contributed by atoms with E-state index in [-0.39, 0.29) is 0 Å². The molecule has 2 heterocycles. The van der Waals surface area contributed by atoms with E-state index in [4.69, 9.17) is 0 Å². The maximum atomic E-state index is 4.59. The molecule has 1 N–H and O–H groups in total. The Morgan fingerprint density at radius 3 is 3.29 bits per heavy atom. The summed E-state index contributed by atoms with van der Waals surface area (Å²) in [5.41, 5.74) is 1.16. The Morgan fingerprint density at radius 1 is 1.59 bits per heavy atom. The summed E-state index contributed by atoms with van der Waals surface area (Å²) in [6.07, 6.45) is 10.4.